The van der Waals surface area contributed by atoms with E-state index in [0.29, 0.717) is 11.9 Å². The fraction of sp³-hybridized carbons (Fsp3) is 0.0769. The average molecular weight is 342 g/mol. The molecule has 1 amide bonds. The zero-order valence-electron chi connectivity index (χ0n) is 10.4. The van der Waals surface area contributed by atoms with Gasteiger partial charge in [0, 0.05) is 13.1 Å². The highest BCUT2D eigenvalue weighted by Gasteiger charge is 2.13. The van der Waals surface area contributed by atoms with Crippen LogP contribution in [0.5, 0.6) is 0 Å². The molecular formula is C13H10BrF2N3O. The van der Waals surface area contributed by atoms with E-state index in [2.05, 4.69) is 31.5 Å². The molecule has 0 spiro atoms. The van der Waals surface area contributed by atoms with Crippen molar-refractivity contribution in [2.45, 2.75) is 0 Å². The molecule has 0 atom stereocenters. The van der Waals surface area contributed by atoms with Crippen LogP contribution >= 0.6 is 15.9 Å². The summed E-state index contributed by atoms with van der Waals surface area (Å²) in [6.45, 7) is 0. The molecule has 1 aromatic carbocycles. The molecule has 2 aromatic rings. The number of rotatable bonds is 3. The highest BCUT2D eigenvalue weighted by atomic mass is 79.9. The number of amides is 1. The fourth-order valence-corrected chi connectivity index (χ4v) is 1.85. The van der Waals surface area contributed by atoms with Crippen LogP contribution in [0.4, 0.5) is 20.3 Å². The number of anilines is 2. The maximum Gasteiger partial charge on any atom is 0.274 e. The van der Waals surface area contributed by atoms with E-state index < -0.39 is 17.5 Å². The third kappa shape index (κ3) is 3.11. The average Bonchev–Trinajstić information content (AvgIpc) is 2.44. The molecule has 20 heavy (non-hydrogen) atoms. The fourth-order valence-electron chi connectivity index (χ4n) is 1.51. The monoisotopic (exact) mass is 341 g/mol. The van der Waals surface area contributed by atoms with Crippen LogP contribution in [0.2, 0.25) is 0 Å². The van der Waals surface area contributed by atoms with Gasteiger partial charge in [-0.25, -0.2) is 13.8 Å². The van der Waals surface area contributed by atoms with Gasteiger partial charge in [-0.3, -0.25) is 4.79 Å². The topological polar surface area (TPSA) is 54.0 Å². The molecule has 2 N–H and O–H groups in total. The van der Waals surface area contributed by atoms with E-state index in [1.807, 2.05) is 0 Å². The van der Waals surface area contributed by atoms with Crippen molar-refractivity contribution >= 4 is 33.3 Å². The Morgan fingerprint density at radius 1 is 1.25 bits per heavy atom. The predicted octanol–water partition coefficient (Wildman–Crippen LogP) is 3.42. The molecule has 0 aliphatic carbocycles. The quantitative estimate of drug-likeness (QED) is 0.841. The molecule has 0 aliphatic rings. The number of carbonyl (C=O) groups is 1. The van der Waals surface area contributed by atoms with Gasteiger partial charge in [0.1, 0.15) is 23.1 Å². The SMILES string of the molecule is CNc1cccc(C(=O)Nc2cc(Br)c(F)cc2F)n1. The minimum atomic E-state index is -0.858. The predicted molar refractivity (Wildman–Crippen MR) is 75.8 cm³/mol. The lowest BCUT2D eigenvalue weighted by molar-refractivity contribution is 0.102. The molecule has 104 valence electrons. The number of carbonyl (C=O) groups excluding carboxylic acids is 1. The summed E-state index contributed by atoms with van der Waals surface area (Å²) in [4.78, 5) is 16.0. The van der Waals surface area contributed by atoms with Crippen LogP contribution in [0.1, 0.15) is 10.5 Å². The molecule has 1 heterocycles. The van der Waals surface area contributed by atoms with Crippen molar-refractivity contribution in [2.75, 3.05) is 17.7 Å². The molecule has 0 unspecified atom stereocenters. The Bertz CT molecular complexity index is 664. The van der Waals surface area contributed by atoms with Crippen LogP contribution in [-0.2, 0) is 0 Å². The van der Waals surface area contributed by atoms with Crippen molar-refractivity contribution in [3.63, 3.8) is 0 Å². The van der Waals surface area contributed by atoms with Gasteiger partial charge in [-0.05, 0) is 34.1 Å². The summed E-state index contributed by atoms with van der Waals surface area (Å²) >= 11 is 2.93. The zero-order chi connectivity index (χ0) is 14.7. The smallest absolute Gasteiger partial charge is 0.274 e. The summed E-state index contributed by atoms with van der Waals surface area (Å²) in [6, 6.07) is 6.67. The van der Waals surface area contributed by atoms with Crippen molar-refractivity contribution in [1.29, 1.82) is 0 Å². The van der Waals surface area contributed by atoms with Gasteiger partial charge in [-0.1, -0.05) is 6.07 Å². The first kappa shape index (κ1) is 14.4. The first-order chi connectivity index (χ1) is 9.51. The molecule has 1 aromatic heterocycles. The molecule has 2 rings (SSSR count). The summed E-state index contributed by atoms with van der Waals surface area (Å²) in [6.07, 6.45) is 0. The van der Waals surface area contributed by atoms with Gasteiger partial charge in [-0.2, -0.15) is 0 Å². The van der Waals surface area contributed by atoms with Crippen LogP contribution in [0.15, 0.2) is 34.8 Å². The molecular weight excluding hydrogens is 332 g/mol. The third-order valence-electron chi connectivity index (χ3n) is 2.50. The van der Waals surface area contributed by atoms with Crippen LogP contribution in [0.3, 0.4) is 0 Å². The lowest BCUT2D eigenvalue weighted by atomic mass is 10.2. The number of nitrogens with zero attached hydrogens (tertiary/aromatic N) is 1. The minimum Gasteiger partial charge on any atom is -0.373 e. The Hall–Kier alpha value is -2.02. The standard InChI is InChI=1S/C13H10BrF2N3O/c1-17-12-4-2-3-10(18-12)13(20)19-11-5-7(14)8(15)6-9(11)16/h2-6H,1H3,(H,17,18)(H,19,20). The van der Waals surface area contributed by atoms with Crippen molar-refractivity contribution in [3.05, 3.63) is 52.1 Å². The molecule has 0 radical (unpaired) electrons. The summed E-state index contributed by atoms with van der Waals surface area (Å²) < 4.78 is 26.7. The molecule has 0 bridgehead atoms. The maximum absolute atomic E-state index is 13.5. The lowest BCUT2D eigenvalue weighted by Gasteiger charge is -2.08. The second-order valence-electron chi connectivity index (χ2n) is 3.86. The maximum atomic E-state index is 13.5. The highest BCUT2D eigenvalue weighted by molar-refractivity contribution is 9.10. The summed E-state index contributed by atoms with van der Waals surface area (Å²) in [7, 11) is 1.67. The van der Waals surface area contributed by atoms with E-state index in [-0.39, 0.29) is 15.9 Å². The van der Waals surface area contributed by atoms with E-state index in [1.165, 1.54) is 6.07 Å². The Morgan fingerprint density at radius 2 is 2.00 bits per heavy atom. The van der Waals surface area contributed by atoms with Crippen LogP contribution in [-0.4, -0.2) is 17.9 Å². The Morgan fingerprint density at radius 3 is 2.70 bits per heavy atom. The Balaban J connectivity index is 2.25. The largest absolute Gasteiger partial charge is 0.373 e. The molecule has 0 saturated heterocycles. The summed E-state index contributed by atoms with van der Waals surface area (Å²) in [5.74, 6) is -1.67. The number of benzene rings is 1. The molecule has 0 aliphatic heterocycles. The molecule has 4 nitrogen and oxygen atoms in total. The van der Waals surface area contributed by atoms with Crippen LogP contribution in [0.25, 0.3) is 0 Å². The van der Waals surface area contributed by atoms with Crippen LogP contribution < -0.4 is 10.6 Å². The van der Waals surface area contributed by atoms with Gasteiger partial charge in [0.15, 0.2) is 0 Å². The zero-order valence-corrected chi connectivity index (χ0v) is 12.0. The normalized spacial score (nSPS) is 10.2. The van der Waals surface area contributed by atoms with Gasteiger partial charge in [0.05, 0.1) is 10.2 Å². The number of nitrogens with one attached hydrogen (secondary N) is 2. The van der Waals surface area contributed by atoms with E-state index in [0.717, 1.165) is 6.07 Å². The first-order valence-electron chi connectivity index (χ1n) is 5.62. The minimum absolute atomic E-state index is 0.0612. The van der Waals surface area contributed by atoms with E-state index in [9.17, 15) is 13.6 Å². The summed E-state index contributed by atoms with van der Waals surface area (Å²) in [5.41, 5.74) is -0.00312. The van der Waals surface area contributed by atoms with Gasteiger partial charge in [-0.15, -0.1) is 0 Å². The first-order valence-corrected chi connectivity index (χ1v) is 6.41. The number of aromatic nitrogens is 1. The third-order valence-corrected chi connectivity index (χ3v) is 3.10. The number of hydrogen-bond donors (Lipinski definition) is 2. The van der Waals surface area contributed by atoms with Crippen molar-refractivity contribution in [2.24, 2.45) is 0 Å². The molecule has 0 saturated carbocycles. The van der Waals surface area contributed by atoms with E-state index in [4.69, 9.17) is 0 Å². The van der Waals surface area contributed by atoms with E-state index >= 15 is 0 Å². The van der Waals surface area contributed by atoms with Crippen molar-refractivity contribution < 1.29 is 13.6 Å². The number of pyridine rings is 1. The number of halogens is 3. The van der Waals surface area contributed by atoms with Crippen molar-refractivity contribution in [1.82, 2.24) is 4.98 Å². The highest BCUT2D eigenvalue weighted by Crippen LogP contribution is 2.24. The van der Waals surface area contributed by atoms with Crippen LogP contribution in [0, 0.1) is 11.6 Å². The Kier molecular flexibility index (Phi) is 4.29. The van der Waals surface area contributed by atoms with Gasteiger partial charge in [0.2, 0.25) is 0 Å². The lowest BCUT2D eigenvalue weighted by Crippen LogP contribution is -2.15. The van der Waals surface area contributed by atoms with Gasteiger partial charge >= 0.3 is 0 Å². The van der Waals surface area contributed by atoms with E-state index in [1.54, 1.807) is 19.2 Å². The second kappa shape index (κ2) is 5.96. The van der Waals surface area contributed by atoms with Gasteiger partial charge in [0.25, 0.3) is 5.91 Å². The number of hydrogen-bond acceptors (Lipinski definition) is 3. The van der Waals surface area contributed by atoms with Gasteiger partial charge < -0.3 is 10.6 Å². The second-order valence-corrected chi connectivity index (χ2v) is 4.71. The molecule has 0 fully saturated rings. The Labute approximate surface area is 122 Å². The summed E-state index contributed by atoms with van der Waals surface area (Å²) in [5, 5.41) is 5.14. The van der Waals surface area contributed by atoms with Crippen molar-refractivity contribution in [3.8, 4) is 0 Å². The molecule has 7 heteroatoms.